The summed E-state index contributed by atoms with van der Waals surface area (Å²) < 4.78 is 19.7. The zero-order chi connectivity index (χ0) is 13.5. The number of nitro benzene ring substituents is 1. The Kier molecular flexibility index (Phi) is 6.33. The van der Waals surface area contributed by atoms with Crippen molar-refractivity contribution in [2.24, 2.45) is 5.14 Å². The topological polar surface area (TPSA) is 124 Å². The van der Waals surface area contributed by atoms with Crippen molar-refractivity contribution in [2.45, 2.75) is 6.92 Å². The average Bonchev–Trinajstić information content (AvgIpc) is 2.17. The summed E-state index contributed by atoms with van der Waals surface area (Å²) in [5, 5.41) is 22.5. The van der Waals surface area contributed by atoms with Gasteiger partial charge in [0.2, 0.25) is 10.0 Å². The van der Waals surface area contributed by atoms with Crippen LogP contribution in [0.15, 0.2) is 24.3 Å². The van der Waals surface area contributed by atoms with Gasteiger partial charge in [-0.3, -0.25) is 10.1 Å². The van der Waals surface area contributed by atoms with Crippen LogP contribution >= 0.6 is 0 Å². The molecule has 0 unspecified atom stereocenters. The number of aryl methyl sites for hydroxylation is 1. The fourth-order valence-corrected chi connectivity index (χ4v) is 1.05. The van der Waals surface area contributed by atoms with Gasteiger partial charge in [-0.15, -0.1) is 0 Å². The molecule has 0 saturated carbocycles. The molecule has 0 aliphatic rings. The molecular formula is C9H14N2O5S. The Morgan fingerprint density at radius 2 is 1.82 bits per heavy atom. The number of sulfonamides is 1. The van der Waals surface area contributed by atoms with Gasteiger partial charge in [0.15, 0.2) is 0 Å². The van der Waals surface area contributed by atoms with Crippen LogP contribution in [-0.4, -0.2) is 30.8 Å². The van der Waals surface area contributed by atoms with Gasteiger partial charge in [0.1, 0.15) is 0 Å². The van der Waals surface area contributed by atoms with E-state index in [1.165, 1.54) is 12.1 Å². The van der Waals surface area contributed by atoms with E-state index in [4.69, 9.17) is 5.11 Å². The number of nitro groups is 1. The smallest absolute Gasteiger partial charge is 0.269 e. The van der Waals surface area contributed by atoms with Gasteiger partial charge in [0.25, 0.3) is 5.69 Å². The molecule has 0 heterocycles. The van der Waals surface area contributed by atoms with E-state index in [0.29, 0.717) is 0 Å². The lowest BCUT2D eigenvalue weighted by Crippen LogP contribution is -2.18. The third-order valence-electron chi connectivity index (χ3n) is 1.62. The van der Waals surface area contributed by atoms with Crippen LogP contribution in [0.3, 0.4) is 0 Å². The molecule has 0 radical (unpaired) electrons. The van der Waals surface area contributed by atoms with E-state index < -0.39 is 21.6 Å². The second kappa shape index (κ2) is 6.94. The first-order valence-electron chi connectivity index (χ1n) is 4.58. The van der Waals surface area contributed by atoms with Crippen molar-refractivity contribution >= 4 is 15.7 Å². The first kappa shape index (κ1) is 15.5. The largest absolute Gasteiger partial charge is 0.395 e. The van der Waals surface area contributed by atoms with Crippen LogP contribution < -0.4 is 5.14 Å². The zero-order valence-electron chi connectivity index (χ0n) is 9.24. The van der Waals surface area contributed by atoms with Crippen LogP contribution in [-0.2, 0) is 10.0 Å². The maximum absolute atomic E-state index is 10.1. The summed E-state index contributed by atoms with van der Waals surface area (Å²) in [6.07, 6.45) is 0. The number of non-ortho nitro benzene ring substituents is 1. The van der Waals surface area contributed by atoms with E-state index in [1.807, 2.05) is 6.92 Å². The van der Waals surface area contributed by atoms with Gasteiger partial charge >= 0.3 is 0 Å². The Labute approximate surface area is 99.1 Å². The van der Waals surface area contributed by atoms with E-state index in [-0.39, 0.29) is 11.4 Å². The number of nitrogens with zero attached hydrogens (tertiary/aromatic N) is 1. The van der Waals surface area contributed by atoms with Crippen LogP contribution in [0.5, 0.6) is 0 Å². The number of nitrogens with two attached hydrogens (primary N) is 1. The molecule has 3 N–H and O–H groups in total. The fraction of sp³-hybridized carbons (Fsp3) is 0.333. The van der Waals surface area contributed by atoms with E-state index in [2.05, 4.69) is 5.14 Å². The predicted octanol–water partition coefficient (Wildman–Crippen LogP) is 0.170. The summed E-state index contributed by atoms with van der Waals surface area (Å²) in [4.78, 5) is 9.71. The number of primary sulfonamides is 1. The minimum absolute atomic E-state index is 0.144. The number of rotatable bonds is 3. The summed E-state index contributed by atoms with van der Waals surface area (Å²) in [5.74, 6) is -0.354. The monoisotopic (exact) mass is 262 g/mol. The first-order valence-corrected chi connectivity index (χ1v) is 6.30. The van der Waals surface area contributed by atoms with Gasteiger partial charge in [0, 0.05) is 12.1 Å². The lowest BCUT2D eigenvalue weighted by molar-refractivity contribution is -0.384. The van der Waals surface area contributed by atoms with Gasteiger partial charge < -0.3 is 5.11 Å². The Hall–Kier alpha value is -1.51. The third-order valence-corrected chi connectivity index (χ3v) is 2.37. The van der Waals surface area contributed by atoms with Crippen LogP contribution in [0.25, 0.3) is 0 Å². The lowest BCUT2D eigenvalue weighted by Gasteiger charge is -1.90. The van der Waals surface area contributed by atoms with Gasteiger partial charge in [-0.1, -0.05) is 17.7 Å². The predicted molar refractivity (Wildman–Crippen MR) is 62.9 cm³/mol. The molecule has 0 atom stereocenters. The van der Waals surface area contributed by atoms with Crippen molar-refractivity contribution in [3.8, 4) is 0 Å². The molecule has 0 saturated heterocycles. The Bertz CT molecular complexity index is 455. The Morgan fingerprint density at radius 1 is 1.35 bits per heavy atom. The maximum Gasteiger partial charge on any atom is 0.269 e. The molecule has 0 spiro atoms. The second-order valence-corrected chi connectivity index (χ2v) is 4.92. The van der Waals surface area contributed by atoms with Gasteiger partial charge in [-0.05, 0) is 6.92 Å². The molecule has 1 aromatic rings. The highest BCUT2D eigenvalue weighted by atomic mass is 32.2. The molecule has 0 aliphatic heterocycles. The van der Waals surface area contributed by atoms with Crippen molar-refractivity contribution < 1.29 is 18.4 Å². The Balaban J connectivity index is 0.000000325. The first-order chi connectivity index (χ1) is 7.76. The average molecular weight is 262 g/mol. The van der Waals surface area contributed by atoms with Crippen molar-refractivity contribution in [1.29, 1.82) is 0 Å². The number of aliphatic hydroxyl groups is 1. The van der Waals surface area contributed by atoms with Crippen LogP contribution in [0.2, 0.25) is 0 Å². The molecule has 7 nitrogen and oxygen atoms in total. The standard InChI is InChI=1S/C7H7NO2.C2H7NO3S/c1-6-2-4-7(5-3-6)8(9)10;3-7(5,6)2-1-4/h2-5H,1H3;4H,1-2H2,(H2,3,5,6). The molecular weight excluding hydrogens is 248 g/mol. The summed E-state index contributed by atoms with van der Waals surface area (Å²) in [5.41, 5.74) is 1.18. The van der Waals surface area contributed by atoms with Crippen molar-refractivity contribution in [3.63, 3.8) is 0 Å². The minimum Gasteiger partial charge on any atom is -0.395 e. The highest BCUT2D eigenvalue weighted by Gasteiger charge is 2.00. The summed E-state index contributed by atoms with van der Waals surface area (Å²) in [7, 11) is -3.42. The van der Waals surface area contributed by atoms with Crippen molar-refractivity contribution in [2.75, 3.05) is 12.4 Å². The summed E-state index contributed by atoms with van der Waals surface area (Å²) in [6, 6.07) is 6.43. The van der Waals surface area contributed by atoms with Gasteiger partial charge in [0.05, 0.1) is 17.3 Å². The van der Waals surface area contributed by atoms with E-state index in [1.54, 1.807) is 12.1 Å². The maximum atomic E-state index is 10.1. The Morgan fingerprint density at radius 3 is 2.06 bits per heavy atom. The quantitative estimate of drug-likeness (QED) is 0.593. The molecule has 17 heavy (non-hydrogen) atoms. The zero-order valence-corrected chi connectivity index (χ0v) is 10.1. The van der Waals surface area contributed by atoms with Crippen LogP contribution in [0, 0.1) is 17.0 Å². The molecule has 96 valence electrons. The molecule has 0 amide bonds. The molecule has 0 aliphatic carbocycles. The molecule has 8 heteroatoms. The summed E-state index contributed by atoms with van der Waals surface area (Å²) in [6.45, 7) is 1.49. The van der Waals surface area contributed by atoms with Gasteiger partial charge in [-0.2, -0.15) is 0 Å². The second-order valence-electron chi connectivity index (χ2n) is 3.18. The summed E-state index contributed by atoms with van der Waals surface area (Å²) >= 11 is 0. The van der Waals surface area contributed by atoms with Crippen molar-refractivity contribution in [3.05, 3.63) is 39.9 Å². The SMILES string of the molecule is Cc1ccc([N+](=O)[O-])cc1.NS(=O)(=O)CCO. The highest BCUT2D eigenvalue weighted by Crippen LogP contribution is 2.10. The number of benzene rings is 1. The molecule has 1 aromatic carbocycles. The number of hydrogen-bond donors (Lipinski definition) is 2. The fourth-order valence-electron chi connectivity index (χ4n) is 0.794. The van der Waals surface area contributed by atoms with Crippen LogP contribution in [0.1, 0.15) is 5.56 Å². The normalized spacial score (nSPS) is 10.3. The molecule has 0 aromatic heterocycles. The minimum atomic E-state index is -3.42. The number of hydrogen-bond acceptors (Lipinski definition) is 5. The van der Waals surface area contributed by atoms with E-state index in [9.17, 15) is 18.5 Å². The number of aliphatic hydroxyl groups excluding tert-OH is 1. The van der Waals surface area contributed by atoms with Crippen molar-refractivity contribution in [1.82, 2.24) is 0 Å². The lowest BCUT2D eigenvalue weighted by atomic mass is 10.2. The molecule has 1 rings (SSSR count). The molecule has 0 fully saturated rings. The van der Waals surface area contributed by atoms with E-state index >= 15 is 0 Å². The third kappa shape index (κ3) is 8.31. The van der Waals surface area contributed by atoms with E-state index in [0.717, 1.165) is 5.56 Å². The highest BCUT2D eigenvalue weighted by molar-refractivity contribution is 7.89. The van der Waals surface area contributed by atoms with Crippen LogP contribution in [0.4, 0.5) is 5.69 Å². The van der Waals surface area contributed by atoms with Gasteiger partial charge in [-0.25, -0.2) is 13.6 Å². The molecule has 0 bridgehead atoms.